The van der Waals surface area contributed by atoms with Gasteiger partial charge in [-0.25, -0.2) is 9.50 Å². The molecule has 2 heterocycles. The van der Waals surface area contributed by atoms with Gasteiger partial charge in [0.2, 0.25) is 0 Å². The lowest BCUT2D eigenvalue weighted by molar-refractivity contribution is -0.136. The van der Waals surface area contributed by atoms with Crippen LogP contribution in [-0.4, -0.2) is 20.8 Å². The summed E-state index contributed by atoms with van der Waals surface area (Å²) in [5.41, 5.74) is 1.08. The summed E-state index contributed by atoms with van der Waals surface area (Å²) in [4.78, 5) is 16.4. The highest BCUT2D eigenvalue weighted by Crippen LogP contribution is 2.27. The molecule has 3 aromatic rings. The average Bonchev–Trinajstić information content (AvgIpc) is 3.05. The van der Waals surface area contributed by atoms with Crippen LogP contribution in [0.1, 0.15) is 35.7 Å². The second kappa shape index (κ2) is 7.63. The fraction of sp³-hybridized carbons (Fsp3) is 0.278. The zero-order chi connectivity index (χ0) is 19.4. The van der Waals surface area contributed by atoms with Crippen molar-refractivity contribution in [3.63, 3.8) is 0 Å². The van der Waals surface area contributed by atoms with E-state index in [9.17, 15) is 18.0 Å². The summed E-state index contributed by atoms with van der Waals surface area (Å²) in [6.07, 6.45) is -3.94. The van der Waals surface area contributed by atoms with Crippen LogP contribution >= 0.6 is 0 Å². The predicted molar refractivity (Wildman–Crippen MR) is 91.8 cm³/mol. The Kier molecular flexibility index (Phi) is 5.28. The molecule has 1 unspecified atom stereocenters. The van der Waals surface area contributed by atoms with E-state index in [0.29, 0.717) is 5.69 Å². The summed E-state index contributed by atoms with van der Waals surface area (Å²) in [6.45, 7) is 0.0964. The molecule has 0 saturated carbocycles. The third kappa shape index (κ3) is 4.54. The van der Waals surface area contributed by atoms with Crippen LogP contribution in [0.5, 0.6) is 0 Å². The molecule has 0 radical (unpaired) electrons. The highest BCUT2D eigenvalue weighted by atomic mass is 19.4. The van der Waals surface area contributed by atoms with Crippen molar-refractivity contribution in [3.8, 4) is 6.07 Å². The van der Waals surface area contributed by atoms with Crippen LogP contribution in [0, 0.1) is 11.3 Å². The largest absolute Gasteiger partial charge is 0.389 e. The van der Waals surface area contributed by atoms with Crippen molar-refractivity contribution < 1.29 is 13.2 Å². The Morgan fingerprint density at radius 2 is 2.04 bits per heavy atom. The van der Waals surface area contributed by atoms with Crippen molar-refractivity contribution >= 4 is 5.65 Å². The summed E-state index contributed by atoms with van der Waals surface area (Å²) < 4.78 is 39.1. The molecule has 0 amide bonds. The Bertz CT molecular complexity index is 1020. The first kappa shape index (κ1) is 18.7. The van der Waals surface area contributed by atoms with E-state index in [1.165, 1.54) is 12.3 Å². The maximum Gasteiger partial charge on any atom is 0.389 e. The Labute approximate surface area is 152 Å². The highest BCUT2D eigenvalue weighted by Gasteiger charge is 2.28. The fourth-order valence-corrected chi connectivity index (χ4v) is 2.81. The number of alkyl halides is 3. The second-order valence-corrected chi connectivity index (χ2v) is 6.04. The number of fused-ring (bicyclic) bond motifs is 1. The van der Waals surface area contributed by atoms with E-state index >= 15 is 0 Å². The minimum absolute atomic E-state index is 0.0964. The van der Waals surface area contributed by atoms with Crippen LogP contribution in [-0.2, 0) is 6.54 Å². The van der Waals surface area contributed by atoms with Gasteiger partial charge in [-0.2, -0.15) is 18.4 Å². The molecule has 1 aromatic carbocycles. The molecule has 0 fully saturated rings. The van der Waals surface area contributed by atoms with Gasteiger partial charge in [-0.05, 0) is 12.0 Å². The number of nitrogens with zero attached hydrogens (tertiary/aromatic N) is 3. The maximum atomic E-state index is 12.7. The van der Waals surface area contributed by atoms with E-state index < -0.39 is 24.2 Å². The Morgan fingerprint density at radius 1 is 1.30 bits per heavy atom. The third-order valence-electron chi connectivity index (χ3n) is 4.12. The summed E-state index contributed by atoms with van der Waals surface area (Å²) >= 11 is 0. The van der Waals surface area contributed by atoms with E-state index in [-0.39, 0.29) is 24.2 Å². The summed E-state index contributed by atoms with van der Waals surface area (Å²) in [5.74, 6) is 0. The van der Waals surface area contributed by atoms with Crippen LogP contribution in [0.3, 0.4) is 0 Å². The van der Waals surface area contributed by atoms with Gasteiger partial charge in [0.1, 0.15) is 11.6 Å². The van der Waals surface area contributed by atoms with Crippen molar-refractivity contribution in [2.45, 2.75) is 31.6 Å². The first-order chi connectivity index (χ1) is 12.9. The van der Waals surface area contributed by atoms with Crippen LogP contribution in [0.2, 0.25) is 0 Å². The molecule has 0 bridgehead atoms. The van der Waals surface area contributed by atoms with Gasteiger partial charge < -0.3 is 5.32 Å². The Balaban J connectivity index is 1.81. The van der Waals surface area contributed by atoms with Crippen LogP contribution < -0.4 is 10.9 Å². The number of hydrogen-bond acceptors (Lipinski definition) is 4. The number of halogens is 3. The minimum Gasteiger partial charge on any atom is -0.304 e. The number of nitriles is 1. The summed E-state index contributed by atoms with van der Waals surface area (Å²) in [6, 6.07) is 11.5. The molecule has 9 heteroatoms. The molecule has 140 valence electrons. The number of hydrogen-bond donors (Lipinski definition) is 2. The molecule has 0 spiro atoms. The van der Waals surface area contributed by atoms with E-state index in [1.807, 2.05) is 6.07 Å². The van der Waals surface area contributed by atoms with E-state index in [0.717, 1.165) is 10.1 Å². The molecule has 6 nitrogen and oxygen atoms in total. The topological polar surface area (TPSA) is 86.0 Å². The zero-order valence-electron chi connectivity index (χ0n) is 14.1. The van der Waals surface area contributed by atoms with Crippen LogP contribution in [0.4, 0.5) is 13.2 Å². The number of aromatic amines is 1. The highest BCUT2D eigenvalue weighted by molar-refractivity contribution is 5.53. The lowest BCUT2D eigenvalue weighted by Crippen LogP contribution is -2.25. The molecular weight excluding hydrogens is 359 g/mol. The molecule has 2 N–H and O–H groups in total. The normalized spacial score (nSPS) is 12.8. The lowest BCUT2D eigenvalue weighted by atomic mass is 10.0. The van der Waals surface area contributed by atoms with E-state index in [1.54, 1.807) is 30.3 Å². The number of nitrogens with one attached hydrogen (secondary N) is 2. The summed E-state index contributed by atoms with van der Waals surface area (Å²) in [5, 5.41) is 14.8. The van der Waals surface area contributed by atoms with Crippen molar-refractivity contribution in [1.82, 2.24) is 19.9 Å². The smallest absolute Gasteiger partial charge is 0.304 e. The molecule has 27 heavy (non-hydrogen) atoms. The van der Waals surface area contributed by atoms with Gasteiger partial charge in [0, 0.05) is 31.3 Å². The second-order valence-electron chi connectivity index (χ2n) is 6.04. The van der Waals surface area contributed by atoms with Crippen LogP contribution in [0.25, 0.3) is 5.65 Å². The summed E-state index contributed by atoms with van der Waals surface area (Å²) in [7, 11) is 0. The Hall–Kier alpha value is -3.12. The quantitative estimate of drug-likeness (QED) is 0.693. The molecule has 2 aromatic heterocycles. The van der Waals surface area contributed by atoms with Gasteiger partial charge in [-0.15, -0.1) is 0 Å². The first-order valence-corrected chi connectivity index (χ1v) is 8.22. The van der Waals surface area contributed by atoms with Crippen molar-refractivity contribution in [3.05, 3.63) is 69.8 Å². The molecule has 0 aliphatic carbocycles. The first-order valence-electron chi connectivity index (χ1n) is 8.22. The zero-order valence-corrected chi connectivity index (χ0v) is 14.1. The van der Waals surface area contributed by atoms with Crippen LogP contribution in [0.15, 0.2) is 47.4 Å². The van der Waals surface area contributed by atoms with Gasteiger partial charge in [-0.3, -0.25) is 9.89 Å². The van der Waals surface area contributed by atoms with Gasteiger partial charge in [-0.1, -0.05) is 30.3 Å². The van der Waals surface area contributed by atoms with Gasteiger partial charge in [0.15, 0.2) is 5.65 Å². The molecule has 0 aliphatic rings. The molecule has 0 saturated heterocycles. The fourth-order valence-electron chi connectivity index (χ4n) is 2.81. The van der Waals surface area contributed by atoms with E-state index in [2.05, 4.69) is 15.4 Å². The third-order valence-corrected chi connectivity index (χ3v) is 4.12. The lowest BCUT2D eigenvalue weighted by Gasteiger charge is -2.20. The number of aromatic nitrogens is 3. The van der Waals surface area contributed by atoms with E-state index in [4.69, 9.17) is 5.26 Å². The molecule has 1 atom stereocenters. The predicted octanol–water partition coefficient (Wildman–Crippen LogP) is 3.07. The van der Waals surface area contributed by atoms with Gasteiger partial charge in [0.05, 0.1) is 5.69 Å². The van der Waals surface area contributed by atoms with Crippen molar-refractivity contribution in [1.29, 1.82) is 5.26 Å². The monoisotopic (exact) mass is 375 g/mol. The van der Waals surface area contributed by atoms with Crippen molar-refractivity contribution in [2.75, 3.05) is 0 Å². The van der Waals surface area contributed by atoms with Gasteiger partial charge in [0.25, 0.3) is 5.56 Å². The van der Waals surface area contributed by atoms with Gasteiger partial charge >= 0.3 is 6.18 Å². The average molecular weight is 375 g/mol. The van der Waals surface area contributed by atoms with Crippen molar-refractivity contribution in [2.24, 2.45) is 0 Å². The standard InChI is InChI=1S/C18H16F3N5O/c19-18(20,21)7-6-15(12-4-2-1-3-5-12)23-11-14-8-16(27)26-17(25-14)13(9-22)10-24-26/h1-5,8,10,15,23-24H,6-7,11H2. The maximum absolute atomic E-state index is 12.7. The number of H-pyrrole nitrogens is 1. The molecule has 3 rings (SSSR count). The number of benzene rings is 1. The SMILES string of the molecule is N#Cc1c[nH]n2c(=O)cc(CNC(CCC(F)(F)F)c3ccccc3)nc12. The Morgan fingerprint density at radius 3 is 2.70 bits per heavy atom. The minimum atomic E-state index is -4.25. The molecular formula is C18H16F3N5O. The molecule has 0 aliphatic heterocycles. The number of rotatable bonds is 6.